The van der Waals surface area contributed by atoms with Gasteiger partial charge in [-0.2, -0.15) is 0 Å². The third-order valence-electron chi connectivity index (χ3n) is 2.93. The van der Waals surface area contributed by atoms with Gasteiger partial charge in [-0.25, -0.2) is 4.39 Å². The Morgan fingerprint density at radius 1 is 1.41 bits per heavy atom. The van der Waals surface area contributed by atoms with Gasteiger partial charge in [0.05, 0.1) is 0 Å². The number of hydrogen-bond acceptors (Lipinski definition) is 2. The molecule has 0 saturated carbocycles. The molecule has 0 amide bonds. The predicted molar refractivity (Wildman–Crippen MR) is 68.5 cm³/mol. The van der Waals surface area contributed by atoms with E-state index in [0.717, 1.165) is 17.7 Å². The summed E-state index contributed by atoms with van der Waals surface area (Å²) in [6.45, 7) is 5.27. The Bertz CT molecular complexity index is 440. The highest BCUT2D eigenvalue weighted by Gasteiger charge is 2.12. The van der Waals surface area contributed by atoms with Crippen molar-refractivity contribution in [3.63, 3.8) is 0 Å². The second-order valence-corrected chi connectivity index (χ2v) is 4.13. The summed E-state index contributed by atoms with van der Waals surface area (Å²) in [5, 5.41) is 0. The van der Waals surface area contributed by atoms with Crippen LogP contribution >= 0.6 is 0 Å². The third-order valence-corrected chi connectivity index (χ3v) is 2.93. The summed E-state index contributed by atoms with van der Waals surface area (Å²) >= 11 is 0. The van der Waals surface area contributed by atoms with E-state index in [2.05, 4.69) is 4.99 Å². The molecular formula is C14H18FNO. The molecule has 1 aromatic carbocycles. The van der Waals surface area contributed by atoms with Crippen LogP contribution in [0.1, 0.15) is 41.8 Å². The normalized spacial score (nSPS) is 11.7. The van der Waals surface area contributed by atoms with E-state index >= 15 is 0 Å². The smallest absolute Gasteiger partial charge is 0.159 e. The van der Waals surface area contributed by atoms with Gasteiger partial charge in [0, 0.05) is 24.7 Å². The summed E-state index contributed by atoms with van der Waals surface area (Å²) < 4.78 is 13.9. The van der Waals surface area contributed by atoms with Crippen LogP contribution in [0.3, 0.4) is 0 Å². The van der Waals surface area contributed by atoms with E-state index in [4.69, 9.17) is 0 Å². The van der Waals surface area contributed by atoms with E-state index in [0.29, 0.717) is 17.5 Å². The number of Topliss-reactive ketones (excluding diaryl/α,β-unsaturated/α-hetero) is 1. The Morgan fingerprint density at radius 3 is 2.47 bits per heavy atom. The van der Waals surface area contributed by atoms with Gasteiger partial charge >= 0.3 is 0 Å². The average molecular weight is 235 g/mol. The van der Waals surface area contributed by atoms with Crippen LogP contribution < -0.4 is 0 Å². The van der Waals surface area contributed by atoms with E-state index in [9.17, 15) is 9.18 Å². The molecule has 0 spiro atoms. The van der Waals surface area contributed by atoms with E-state index in [1.807, 2.05) is 13.8 Å². The van der Waals surface area contributed by atoms with Crippen LogP contribution in [-0.2, 0) is 6.42 Å². The molecular weight excluding hydrogens is 217 g/mol. The van der Waals surface area contributed by atoms with E-state index in [-0.39, 0.29) is 11.6 Å². The summed E-state index contributed by atoms with van der Waals surface area (Å²) in [5.74, 6) is -0.428. The summed E-state index contributed by atoms with van der Waals surface area (Å²) in [5.41, 5.74) is 2.83. The maximum absolute atomic E-state index is 13.9. The quantitative estimate of drug-likeness (QED) is 0.581. The molecule has 0 radical (unpaired) electrons. The number of halogens is 1. The third kappa shape index (κ3) is 3.22. The number of aryl methyl sites for hydroxylation is 1. The van der Waals surface area contributed by atoms with Crippen molar-refractivity contribution in [3.05, 3.63) is 34.6 Å². The number of carbonyl (C=O) groups is 1. The Balaban J connectivity index is 3.14. The molecule has 0 unspecified atom stereocenters. The zero-order valence-electron chi connectivity index (χ0n) is 10.8. The monoisotopic (exact) mass is 235 g/mol. The molecule has 0 aliphatic carbocycles. The molecule has 1 rings (SSSR count). The number of ketones is 1. The highest BCUT2D eigenvalue weighted by Crippen LogP contribution is 2.18. The van der Waals surface area contributed by atoms with Gasteiger partial charge in [-0.05, 0) is 43.5 Å². The number of benzene rings is 1. The molecule has 0 fully saturated rings. The van der Waals surface area contributed by atoms with Crippen molar-refractivity contribution in [1.29, 1.82) is 0 Å². The molecule has 0 heterocycles. The van der Waals surface area contributed by atoms with Crippen molar-refractivity contribution < 1.29 is 9.18 Å². The van der Waals surface area contributed by atoms with Gasteiger partial charge in [0.2, 0.25) is 0 Å². The number of aliphatic imine (C=N–C) groups is 1. The van der Waals surface area contributed by atoms with Crippen molar-refractivity contribution in [2.24, 2.45) is 4.99 Å². The van der Waals surface area contributed by atoms with Gasteiger partial charge in [0.15, 0.2) is 5.78 Å². The lowest BCUT2D eigenvalue weighted by Gasteiger charge is -2.10. The summed E-state index contributed by atoms with van der Waals surface area (Å²) in [6.07, 6.45) is 1.33. The van der Waals surface area contributed by atoms with Crippen LogP contribution in [0.4, 0.5) is 4.39 Å². The maximum atomic E-state index is 13.9. The van der Waals surface area contributed by atoms with Crippen molar-refractivity contribution in [2.75, 3.05) is 7.05 Å². The Labute approximate surface area is 102 Å². The standard InChI is InChI=1S/C14H18FNO/c1-5-12(16-4)8-13-9(2)6-11(10(3)17)7-14(13)15/h6-7H,5,8H2,1-4H3. The molecule has 2 nitrogen and oxygen atoms in total. The van der Waals surface area contributed by atoms with Crippen LogP contribution in [0, 0.1) is 12.7 Å². The first-order chi connectivity index (χ1) is 7.99. The molecule has 0 atom stereocenters. The first-order valence-corrected chi connectivity index (χ1v) is 5.74. The van der Waals surface area contributed by atoms with Crippen LogP contribution in [-0.4, -0.2) is 18.5 Å². The van der Waals surface area contributed by atoms with Gasteiger partial charge < -0.3 is 0 Å². The first-order valence-electron chi connectivity index (χ1n) is 5.74. The molecule has 0 saturated heterocycles. The maximum Gasteiger partial charge on any atom is 0.159 e. The molecule has 17 heavy (non-hydrogen) atoms. The Hall–Kier alpha value is -1.51. The highest BCUT2D eigenvalue weighted by molar-refractivity contribution is 5.94. The molecule has 0 aliphatic heterocycles. The SMILES string of the molecule is CCC(Cc1c(C)cc(C(C)=O)cc1F)=NC. The molecule has 3 heteroatoms. The number of hydrogen-bond donors (Lipinski definition) is 0. The van der Waals surface area contributed by atoms with Crippen molar-refractivity contribution in [2.45, 2.75) is 33.6 Å². The fourth-order valence-corrected chi connectivity index (χ4v) is 1.77. The highest BCUT2D eigenvalue weighted by atomic mass is 19.1. The zero-order chi connectivity index (χ0) is 13.0. The first kappa shape index (κ1) is 13.6. The predicted octanol–water partition coefficient (Wildman–Crippen LogP) is 3.36. The van der Waals surface area contributed by atoms with Gasteiger partial charge in [0.1, 0.15) is 5.82 Å². The second-order valence-electron chi connectivity index (χ2n) is 4.13. The summed E-state index contributed by atoms with van der Waals surface area (Å²) in [6, 6.07) is 3.05. The van der Waals surface area contributed by atoms with Crippen LogP contribution in [0.15, 0.2) is 17.1 Å². The van der Waals surface area contributed by atoms with Gasteiger partial charge in [-0.15, -0.1) is 0 Å². The van der Waals surface area contributed by atoms with Crippen molar-refractivity contribution >= 4 is 11.5 Å². The topological polar surface area (TPSA) is 29.4 Å². The lowest BCUT2D eigenvalue weighted by atomic mass is 9.97. The number of nitrogens with zero attached hydrogens (tertiary/aromatic N) is 1. The van der Waals surface area contributed by atoms with Gasteiger partial charge in [-0.1, -0.05) is 6.92 Å². The minimum Gasteiger partial charge on any atom is -0.297 e. The van der Waals surface area contributed by atoms with Crippen LogP contribution in [0.25, 0.3) is 0 Å². The Morgan fingerprint density at radius 2 is 2.06 bits per heavy atom. The molecule has 1 aromatic rings. The summed E-state index contributed by atoms with van der Waals surface area (Å²) in [4.78, 5) is 15.3. The van der Waals surface area contributed by atoms with E-state index in [1.54, 1.807) is 13.1 Å². The molecule has 0 N–H and O–H groups in total. The second kappa shape index (κ2) is 5.71. The average Bonchev–Trinajstić information content (AvgIpc) is 2.28. The molecule has 0 aromatic heterocycles. The van der Waals surface area contributed by atoms with Crippen molar-refractivity contribution in [3.8, 4) is 0 Å². The Kier molecular flexibility index (Phi) is 4.55. The van der Waals surface area contributed by atoms with E-state index < -0.39 is 0 Å². The molecule has 92 valence electrons. The van der Waals surface area contributed by atoms with Gasteiger partial charge in [-0.3, -0.25) is 9.79 Å². The lowest BCUT2D eigenvalue weighted by molar-refractivity contribution is 0.101. The van der Waals surface area contributed by atoms with Crippen molar-refractivity contribution in [1.82, 2.24) is 0 Å². The fraction of sp³-hybridized carbons (Fsp3) is 0.429. The van der Waals surface area contributed by atoms with Crippen LogP contribution in [0.2, 0.25) is 0 Å². The number of rotatable bonds is 4. The lowest BCUT2D eigenvalue weighted by Crippen LogP contribution is -2.07. The minimum absolute atomic E-state index is 0.113. The number of carbonyl (C=O) groups excluding carboxylic acids is 1. The largest absolute Gasteiger partial charge is 0.297 e. The van der Waals surface area contributed by atoms with Gasteiger partial charge in [0.25, 0.3) is 0 Å². The fourth-order valence-electron chi connectivity index (χ4n) is 1.77. The molecule has 0 aliphatic rings. The minimum atomic E-state index is -0.315. The zero-order valence-corrected chi connectivity index (χ0v) is 10.8. The molecule has 0 bridgehead atoms. The van der Waals surface area contributed by atoms with Crippen LogP contribution in [0.5, 0.6) is 0 Å². The summed E-state index contributed by atoms with van der Waals surface area (Å²) in [7, 11) is 1.72. The van der Waals surface area contributed by atoms with E-state index in [1.165, 1.54) is 13.0 Å².